The first-order valence-corrected chi connectivity index (χ1v) is 11.8. The van der Waals surface area contributed by atoms with Crippen LogP contribution in [0, 0.1) is 13.8 Å². The molecule has 1 aromatic heterocycles. The molecule has 0 saturated heterocycles. The molecule has 0 aliphatic heterocycles. The Balaban J connectivity index is 1.51. The molecule has 5 nitrogen and oxygen atoms in total. The van der Waals surface area contributed by atoms with Gasteiger partial charge >= 0.3 is 5.97 Å². The van der Waals surface area contributed by atoms with Crippen LogP contribution in [0.4, 0.5) is 10.8 Å². The molecule has 0 radical (unpaired) electrons. The fourth-order valence-electron chi connectivity index (χ4n) is 4.06. The lowest BCUT2D eigenvalue weighted by Gasteiger charge is -2.39. The monoisotopic (exact) mass is 468 g/mol. The predicted molar refractivity (Wildman–Crippen MR) is 128 cm³/mol. The highest BCUT2D eigenvalue weighted by Gasteiger charge is 2.47. The maximum Gasteiger partial charge on any atom is 0.316 e. The minimum Gasteiger partial charge on any atom is -0.458 e. The number of esters is 1. The number of ether oxygens (including phenoxy) is 1. The second-order valence-electron chi connectivity index (χ2n) is 8.22. The Kier molecular flexibility index (Phi) is 6.35. The third-order valence-electron chi connectivity index (χ3n) is 6.19. The molecule has 0 unspecified atom stereocenters. The molecule has 0 N–H and O–H groups in total. The zero-order valence-corrected chi connectivity index (χ0v) is 19.9. The molecule has 1 heterocycles. The summed E-state index contributed by atoms with van der Waals surface area (Å²) in [6.45, 7) is 5.59. The van der Waals surface area contributed by atoms with E-state index in [-0.39, 0.29) is 18.5 Å². The van der Waals surface area contributed by atoms with Crippen molar-refractivity contribution in [2.45, 2.75) is 52.1 Å². The molecule has 4 rings (SSSR count). The van der Waals surface area contributed by atoms with E-state index in [2.05, 4.69) is 4.98 Å². The number of benzene rings is 2. The first-order chi connectivity index (χ1) is 15.3. The maximum absolute atomic E-state index is 13.0. The first-order valence-electron chi connectivity index (χ1n) is 10.6. The standard InChI is InChI=1S/C25H25ClN2O3S/c1-16-7-4-10-22(17(16)2)28(18(3)29)24-27-21(15-32-24)14-31-23(30)25(11-6-12-25)19-8-5-9-20(26)13-19/h4-5,7-10,13,15H,6,11-12,14H2,1-3H3. The average Bonchev–Trinajstić information content (AvgIpc) is 3.17. The molecule has 1 aliphatic carbocycles. The van der Waals surface area contributed by atoms with E-state index in [4.69, 9.17) is 16.3 Å². The van der Waals surface area contributed by atoms with Gasteiger partial charge in [0.15, 0.2) is 5.13 Å². The number of nitrogens with zero attached hydrogens (tertiary/aromatic N) is 2. The summed E-state index contributed by atoms with van der Waals surface area (Å²) in [5.74, 6) is -0.371. The summed E-state index contributed by atoms with van der Waals surface area (Å²) in [6, 6.07) is 13.3. The van der Waals surface area contributed by atoms with Crippen molar-refractivity contribution in [3.05, 3.63) is 75.3 Å². The highest BCUT2D eigenvalue weighted by Crippen LogP contribution is 2.45. The van der Waals surface area contributed by atoms with Gasteiger partial charge in [0.2, 0.25) is 5.91 Å². The van der Waals surface area contributed by atoms with E-state index in [9.17, 15) is 9.59 Å². The Bertz CT molecular complexity index is 1170. The van der Waals surface area contributed by atoms with Crippen molar-refractivity contribution in [2.24, 2.45) is 0 Å². The van der Waals surface area contributed by atoms with Gasteiger partial charge in [0, 0.05) is 17.3 Å². The molecule has 166 valence electrons. The second-order valence-corrected chi connectivity index (χ2v) is 9.49. The lowest BCUT2D eigenvalue weighted by atomic mass is 9.64. The van der Waals surface area contributed by atoms with Gasteiger partial charge in [-0.05, 0) is 61.6 Å². The normalized spacial score (nSPS) is 14.5. The van der Waals surface area contributed by atoms with E-state index >= 15 is 0 Å². The lowest BCUT2D eigenvalue weighted by Crippen LogP contribution is -2.43. The Labute approximate surface area is 197 Å². The van der Waals surface area contributed by atoms with Crippen LogP contribution in [-0.4, -0.2) is 16.9 Å². The first kappa shape index (κ1) is 22.5. The molecule has 1 saturated carbocycles. The van der Waals surface area contributed by atoms with Gasteiger partial charge in [-0.2, -0.15) is 0 Å². The summed E-state index contributed by atoms with van der Waals surface area (Å²) in [4.78, 5) is 31.7. The van der Waals surface area contributed by atoms with Crippen molar-refractivity contribution < 1.29 is 14.3 Å². The SMILES string of the molecule is CC(=O)N(c1nc(COC(=O)C2(c3cccc(Cl)c3)CCC2)cs1)c1cccc(C)c1C. The van der Waals surface area contributed by atoms with Crippen LogP contribution < -0.4 is 4.90 Å². The number of hydrogen-bond donors (Lipinski definition) is 0. The van der Waals surface area contributed by atoms with Gasteiger partial charge in [0.05, 0.1) is 16.8 Å². The Hall–Kier alpha value is -2.70. The van der Waals surface area contributed by atoms with Crippen molar-refractivity contribution in [1.29, 1.82) is 0 Å². The molecule has 1 amide bonds. The summed E-state index contributed by atoms with van der Waals surface area (Å²) in [6.07, 6.45) is 2.48. The third-order valence-corrected chi connectivity index (χ3v) is 7.30. The average molecular weight is 469 g/mol. The molecule has 1 aliphatic rings. The van der Waals surface area contributed by atoms with Crippen LogP contribution in [-0.2, 0) is 26.3 Å². The minimum atomic E-state index is -0.631. The Morgan fingerprint density at radius 3 is 2.59 bits per heavy atom. The smallest absolute Gasteiger partial charge is 0.316 e. The minimum absolute atomic E-state index is 0.0657. The largest absolute Gasteiger partial charge is 0.458 e. The van der Waals surface area contributed by atoms with Crippen molar-refractivity contribution in [2.75, 3.05) is 4.90 Å². The number of carbonyl (C=O) groups excluding carboxylic acids is 2. The molecule has 0 bridgehead atoms. The van der Waals surface area contributed by atoms with Crippen LogP contribution >= 0.6 is 22.9 Å². The van der Waals surface area contributed by atoms with Crippen LogP contribution in [0.3, 0.4) is 0 Å². The highest BCUT2D eigenvalue weighted by atomic mass is 35.5. The molecular formula is C25H25ClN2O3S. The number of amides is 1. The summed E-state index contributed by atoms with van der Waals surface area (Å²) in [5, 5.41) is 3.00. The van der Waals surface area contributed by atoms with E-state index in [1.54, 1.807) is 11.0 Å². The zero-order valence-electron chi connectivity index (χ0n) is 18.4. The Morgan fingerprint density at radius 1 is 1.19 bits per heavy atom. The summed E-state index contributed by atoms with van der Waals surface area (Å²) in [5.41, 5.74) is 3.83. The van der Waals surface area contributed by atoms with E-state index in [1.807, 2.05) is 55.6 Å². The van der Waals surface area contributed by atoms with Crippen molar-refractivity contribution in [3.8, 4) is 0 Å². The quantitative estimate of drug-likeness (QED) is 0.400. The van der Waals surface area contributed by atoms with Gasteiger partial charge in [0.25, 0.3) is 0 Å². The molecule has 2 aromatic carbocycles. The van der Waals surface area contributed by atoms with Gasteiger partial charge in [0.1, 0.15) is 6.61 Å². The van der Waals surface area contributed by atoms with E-state index in [0.717, 1.165) is 41.6 Å². The lowest BCUT2D eigenvalue weighted by molar-refractivity contribution is -0.156. The number of carbonyl (C=O) groups is 2. The second kappa shape index (κ2) is 9.04. The molecular weight excluding hydrogens is 444 g/mol. The van der Waals surface area contributed by atoms with Crippen LogP contribution in [0.2, 0.25) is 5.02 Å². The molecule has 0 atom stereocenters. The molecule has 1 fully saturated rings. The number of rotatable bonds is 6. The number of hydrogen-bond acceptors (Lipinski definition) is 5. The van der Waals surface area contributed by atoms with Crippen LogP contribution in [0.25, 0.3) is 0 Å². The van der Waals surface area contributed by atoms with Crippen molar-refractivity contribution in [3.63, 3.8) is 0 Å². The fraction of sp³-hybridized carbons (Fsp3) is 0.320. The van der Waals surface area contributed by atoms with Crippen LogP contribution in [0.5, 0.6) is 0 Å². The van der Waals surface area contributed by atoms with E-state index in [0.29, 0.717) is 15.8 Å². The predicted octanol–water partition coefficient (Wildman–Crippen LogP) is 6.26. The van der Waals surface area contributed by atoms with E-state index < -0.39 is 5.41 Å². The molecule has 3 aromatic rings. The van der Waals surface area contributed by atoms with Gasteiger partial charge < -0.3 is 4.74 Å². The van der Waals surface area contributed by atoms with Crippen LogP contribution in [0.1, 0.15) is 48.6 Å². The summed E-state index contributed by atoms with van der Waals surface area (Å²) in [7, 11) is 0. The fourth-order valence-corrected chi connectivity index (χ4v) is 5.11. The number of thiazole rings is 1. The van der Waals surface area contributed by atoms with Gasteiger partial charge in [-0.15, -0.1) is 11.3 Å². The topological polar surface area (TPSA) is 59.5 Å². The summed E-state index contributed by atoms with van der Waals surface area (Å²) < 4.78 is 5.69. The number of halogens is 1. The van der Waals surface area contributed by atoms with Crippen molar-refractivity contribution >= 4 is 45.6 Å². The number of aromatic nitrogens is 1. The highest BCUT2D eigenvalue weighted by molar-refractivity contribution is 7.14. The molecule has 7 heteroatoms. The van der Waals surface area contributed by atoms with Crippen LogP contribution in [0.15, 0.2) is 47.8 Å². The van der Waals surface area contributed by atoms with Crippen molar-refractivity contribution in [1.82, 2.24) is 4.98 Å². The van der Waals surface area contributed by atoms with E-state index in [1.165, 1.54) is 18.3 Å². The third kappa shape index (κ3) is 4.17. The van der Waals surface area contributed by atoms with Gasteiger partial charge in [-0.1, -0.05) is 42.3 Å². The van der Waals surface area contributed by atoms with Gasteiger partial charge in [-0.3, -0.25) is 14.5 Å². The molecule has 32 heavy (non-hydrogen) atoms. The zero-order chi connectivity index (χ0) is 22.9. The van der Waals surface area contributed by atoms with Gasteiger partial charge in [-0.25, -0.2) is 4.98 Å². The Morgan fingerprint density at radius 2 is 1.94 bits per heavy atom. The number of aryl methyl sites for hydroxylation is 1. The molecule has 0 spiro atoms. The summed E-state index contributed by atoms with van der Waals surface area (Å²) >= 11 is 7.50. The maximum atomic E-state index is 13.0. The number of anilines is 2.